The number of amides is 2. The molecule has 1 aromatic rings. The van der Waals surface area contributed by atoms with Gasteiger partial charge in [0.1, 0.15) is 0 Å². The van der Waals surface area contributed by atoms with Crippen molar-refractivity contribution in [2.45, 2.75) is 50.0 Å². The second-order valence-corrected chi connectivity index (χ2v) is 6.79. The number of morpholine rings is 1. The third-order valence-electron chi connectivity index (χ3n) is 5.15. The minimum absolute atomic E-state index is 0.0347. The lowest BCUT2D eigenvalue weighted by Gasteiger charge is -2.34. The molecule has 4 rings (SSSR count). The number of nitrogens with zero attached hydrogens (tertiary/aromatic N) is 1. The van der Waals surface area contributed by atoms with E-state index in [2.05, 4.69) is 17.4 Å². The normalized spacial score (nSPS) is 33.0. The third kappa shape index (κ3) is 3.35. The predicted molar refractivity (Wildman–Crippen MR) is 86.3 cm³/mol. The maximum atomic E-state index is 12.5. The lowest BCUT2D eigenvalue weighted by molar-refractivity contribution is -0.0139. The molecule has 0 unspecified atom stereocenters. The molecule has 0 saturated carbocycles. The first kappa shape index (κ1) is 15.0. The maximum Gasteiger partial charge on any atom is 0.317 e. The number of benzene rings is 1. The molecule has 0 spiro atoms. The smallest absolute Gasteiger partial charge is 0.317 e. The van der Waals surface area contributed by atoms with Gasteiger partial charge in [-0.15, -0.1) is 0 Å². The Bertz CT molecular complexity index is 550. The van der Waals surface area contributed by atoms with Gasteiger partial charge in [-0.05, 0) is 24.8 Å². The van der Waals surface area contributed by atoms with E-state index in [-0.39, 0.29) is 24.3 Å². The van der Waals surface area contributed by atoms with Crippen LogP contribution in [0.1, 0.15) is 24.8 Å². The number of urea groups is 1. The SMILES string of the molecule is O=C(N[C@H]1C[C@H]2CC[C@H]1O2)N1CCO[C@@H](Cc2ccccc2)C1. The van der Waals surface area contributed by atoms with Crippen molar-refractivity contribution in [3.8, 4) is 0 Å². The minimum Gasteiger partial charge on any atom is -0.374 e. The van der Waals surface area contributed by atoms with Gasteiger partial charge in [-0.1, -0.05) is 30.3 Å². The quantitative estimate of drug-likeness (QED) is 0.927. The molecule has 5 nitrogen and oxygen atoms in total. The van der Waals surface area contributed by atoms with Gasteiger partial charge in [0.15, 0.2) is 0 Å². The predicted octanol–water partition coefficient (Wildman–Crippen LogP) is 1.96. The molecular formula is C18H24N2O3. The molecule has 3 fully saturated rings. The molecule has 3 saturated heterocycles. The van der Waals surface area contributed by atoms with E-state index in [1.165, 1.54) is 5.56 Å². The highest BCUT2D eigenvalue weighted by Crippen LogP contribution is 2.34. The summed E-state index contributed by atoms with van der Waals surface area (Å²) in [5, 5.41) is 3.17. The van der Waals surface area contributed by atoms with Crippen molar-refractivity contribution in [3.05, 3.63) is 35.9 Å². The van der Waals surface area contributed by atoms with E-state index in [9.17, 15) is 4.79 Å². The molecule has 2 amide bonds. The first-order valence-corrected chi connectivity index (χ1v) is 8.64. The lowest BCUT2D eigenvalue weighted by atomic mass is 9.96. The molecule has 1 N–H and O–H groups in total. The maximum absolute atomic E-state index is 12.5. The minimum atomic E-state index is 0.0347. The number of fused-ring (bicyclic) bond motifs is 2. The summed E-state index contributed by atoms with van der Waals surface area (Å²) in [5.41, 5.74) is 1.25. The molecule has 0 aliphatic carbocycles. The first-order chi connectivity index (χ1) is 11.3. The summed E-state index contributed by atoms with van der Waals surface area (Å²) in [6, 6.07) is 10.5. The summed E-state index contributed by atoms with van der Waals surface area (Å²) in [5.74, 6) is 0. The summed E-state index contributed by atoms with van der Waals surface area (Å²) in [6.45, 7) is 1.93. The molecular weight excluding hydrogens is 292 g/mol. The van der Waals surface area contributed by atoms with E-state index in [4.69, 9.17) is 9.47 Å². The average molecular weight is 316 g/mol. The molecule has 0 aromatic heterocycles. The molecule has 23 heavy (non-hydrogen) atoms. The van der Waals surface area contributed by atoms with Gasteiger partial charge < -0.3 is 19.7 Å². The van der Waals surface area contributed by atoms with E-state index >= 15 is 0 Å². The third-order valence-corrected chi connectivity index (χ3v) is 5.15. The standard InChI is InChI=1S/C18H24N2O3/c21-18(19-16-11-14-6-7-17(16)23-14)20-8-9-22-15(12-20)10-13-4-2-1-3-5-13/h1-5,14-17H,6-12H2,(H,19,21)/t14-,15+,16+,17-/m1/s1. The van der Waals surface area contributed by atoms with Crippen LogP contribution in [0.25, 0.3) is 0 Å². The van der Waals surface area contributed by atoms with Crippen LogP contribution in [-0.4, -0.2) is 55.0 Å². The van der Waals surface area contributed by atoms with E-state index < -0.39 is 0 Å². The number of hydrogen-bond donors (Lipinski definition) is 1. The van der Waals surface area contributed by atoms with Crippen molar-refractivity contribution in [2.24, 2.45) is 0 Å². The van der Waals surface area contributed by atoms with Crippen molar-refractivity contribution in [2.75, 3.05) is 19.7 Å². The fourth-order valence-electron chi connectivity index (χ4n) is 3.94. The van der Waals surface area contributed by atoms with Crippen molar-refractivity contribution < 1.29 is 14.3 Å². The zero-order valence-corrected chi connectivity index (χ0v) is 13.3. The molecule has 0 radical (unpaired) electrons. The summed E-state index contributed by atoms with van der Waals surface area (Å²) in [4.78, 5) is 14.4. The van der Waals surface area contributed by atoms with Gasteiger partial charge in [-0.3, -0.25) is 0 Å². The second-order valence-electron chi connectivity index (χ2n) is 6.79. The topological polar surface area (TPSA) is 50.8 Å². The highest BCUT2D eigenvalue weighted by molar-refractivity contribution is 5.74. The summed E-state index contributed by atoms with van der Waals surface area (Å²) < 4.78 is 11.7. The number of carbonyl (C=O) groups excluding carboxylic acids is 1. The second kappa shape index (κ2) is 6.49. The van der Waals surface area contributed by atoms with Gasteiger partial charge in [0.25, 0.3) is 0 Å². The van der Waals surface area contributed by atoms with Crippen LogP contribution in [0.2, 0.25) is 0 Å². The Labute approximate surface area is 136 Å². The van der Waals surface area contributed by atoms with Crippen LogP contribution in [0.5, 0.6) is 0 Å². The molecule has 5 heteroatoms. The Morgan fingerprint density at radius 1 is 1.26 bits per heavy atom. The van der Waals surface area contributed by atoms with E-state index in [0.29, 0.717) is 25.8 Å². The number of nitrogens with one attached hydrogen (secondary N) is 1. The van der Waals surface area contributed by atoms with Crippen molar-refractivity contribution in [1.82, 2.24) is 10.2 Å². The molecule has 3 heterocycles. The van der Waals surface area contributed by atoms with Gasteiger partial charge in [0, 0.05) is 19.5 Å². The van der Waals surface area contributed by atoms with Gasteiger partial charge in [0.05, 0.1) is 31.0 Å². The summed E-state index contributed by atoms with van der Waals surface area (Å²) >= 11 is 0. The van der Waals surface area contributed by atoms with Crippen LogP contribution in [0, 0.1) is 0 Å². The highest BCUT2D eigenvalue weighted by Gasteiger charge is 2.42. The summed E-state index contributed by atoms with van der Waals surface area (Å²) in [6.07, 6.45) is 4.71. The van der Waals surface area contributed by atoms with E-state index in [1.807, 2.05) is 23.1 Å². The van der Waals surface area contributed by atoms with Crippen LogP contribution >= 0.6 is 0 Å². The van der Waals surface area contributed by atoms with Crippen LogP contribution in [0.15, 0.2) is 30.3 Å². The zero-order chi connectivity index (χ0) is 15.6. The molecule has 124 valence electrons. The Hall–Kier alpha value is -1.59. The summed E-state index contributed by atoms with van der Waals surface area (Å²) in [7, 11) is 0. The first-order valence-electron chi connectivity index (χ1n) is 8.64. The fourth-order valence-corrected chi connectivity index (χ4v) is 3.94. The number of hydrogen-bond acceptors (Lipinski definition) is 3. The van der Waals surface area contributed by atoms with Gasteiger partial charge in [-0.25, -0.2) is 4.79 Å². The van der Waals surface area contributed by atoms with Crippen molar-refractivity contribution in [3.63, 3.8) is 0 Å². The number of ether oxygens (including phenoxy) is 2. The number of rotatable bonds is 3. The molecule has 3 aliphatic heterocycles. The Morgan fingerprint density at radius 2 is 2.13 bits per heavy atom. The van der Waals surface area contributed by atoms with Crippen molar-refractivity contribution in [1.29, 1.82) is 0 Å². The van der Waals surface area contributed by atoms with E-state index in [1.54, 1.807) is 0 Å². The average Bonchev–Trinajstić information content (AvgIpc) is 3.19. The lowest BCUT2D eigenvalue weighted by Crippen LogP contribution is -2.53. The van der Waals surface area contributed by atoms with Crippen LogP contribution in [0.4, 0.5) is 4.79 Å². The van der Waals surface area contributed by atoms with E-state index in [0.717, 1.165) is 25.7 Å². The largest absolute Gasteiger partial charge is 0.374 e. The monoisotopic (exact) mass is 316 g/mol. The molecule has 3 aliphatic rings. The van der Waals surface area contributed by atoms with Crippen LogP contribution in [0.3, 0.4) is 0 Å². The fraction of sp³-hybridized carbons (Fsp3) is 0.611. The molecule has 1 aromatic carbocycles. The van der Waals surface area contributed by atoms with Gasteiger partial charge in [-0.2, -0.15) is 0 Å². The van der Waals surface area contributed by atoms with Crippen molar-refractivity contribution >= 4 is 6.03 Å². The highest BCUT2D eigenvalue weighted by atomic mass is 16.5. The Balaban J connectivity index is 1.31. The molecule has 2 bridgehead atoms. The van der Waals surface area contributed by atoms with Gasteiger partial charge in [0.2, 0.25) is 0 Å². The zero-order valence-electron chi connectivity index (χ0n) is 13.3. The molecule has 4 atom stereocenters. The van der Waals surface area contributed by atoms with Crippen LogP contribution < -0.4 is 5.32 Å². The Kier molecular flexibility index (Phi) is 4.23. The van der Waals surface area contributed by atoms with Gasteiger partial charge >= 0.3 is 6.03 Å². The van der Waals surface area contributed by atoms with Crippen LogP contribution in [-0.2, 0) is 15.9 Å². The Morgan fingerprint density at radius 3 is 2.87 bits per heavy atom. The number of carbonyl (C=O) groups is 1.